The van der Waals surface area contributed by atoms with Crippen LogP contribution in [0.25, 0.3) is 0 Å². The van der Waals surface area contributed by atoms with E-state index in [0.29, 0.717) is 12.6 Å². The second kappa shape index (κ2) is 7.67. The number of hydrogen-bond donors (Lipinski definition) is 1. The van der Waals surface area contributed by atoms with Gasteiger partial charge < -0.3 is 10.6 Å². The summed E-state index contributed by atoms with van der Waals surface area (Å²) in [5, 5.41) is 0. The molecule has 0 aromatic heterocycles. The number of rotatable bonds is 7. The highest BCUT2D eigenvalue weighted by atomic mass is 32.2. The third-order valence-corrected chi connectivity index (χ3v) is 3.79. The minimum absolute atomic E-state index is 0.313. The van der Waals surface area contributed by atoms with E-state index in [9.17, 15) is 0 Å². The zero-order valence-corrected chi connectivity index (χ0v) is 12.7. The van der Waals surface area contributed by atoms with Crippen molar-refractivity contribution in [1.29, 1.82) is 0 Å². The van der Waals surface area contributed by atoms with Gasteiger partial charge in [-0.25, -0.2) is 0 Å². The molecule has 0 aliphatic heterocycles. The highest BCUT2D eigenvalue weighted by molar-refractivity contribution is 7.98. The Bertz CT molecular complexity index is 337. The highest BCUT2D eigenvalue weighted by Crippen LogP contribution is 2.21. The van der Waals surface area contributed by atoms with Crippen LogP contribution in [0.1, 0.15) is 11.6 Å². The number of nitrogens with two attached hydrogens (primary N) is 1. The van der Waals surface area contributed by atoms with Crippen molar-refractivity contribution >= 4 is 17.4 Å². The van der Waals surface area contributed by atoms with E-state index in [1.54, 1.807) is 0 Å². The molecule has 1 aromatic rings. The van der Waals surface area contributed by atoms with Gasteiger partial charge in [0.1, 0.15) is 0 Å². The van der Waals surface area contributed by atoms with Crippen LogP contribution in [0.3, 0.4) is 0 Å². The van der Waals surface area contributed by atoms with Crippen LogP contribution >= 0.6 is 11.8 Å². The van der Waals surface area contributed by atoms with Crippen LogP contribution in [0, 0.1) is 0 Å². The summed E-state index contributed by atoms with van der Waals surface area (Å²) in [5.41, 5.74) is 8.44. The fraction of sp³-hybridized carbons (Fsp3) is 0.571. The van der Waals surface area contributed by atoms with Crippen LogP contribution in [0.15, 0.2) is 24.3 Å². The molecule has 0 aliphatic rings. The molecule has 1 aromatic carbocycles. The standard InChI is InChI=1S/C14H25N3S/c1-16(2)13-7-5-12(6-8-13)14(11-15)17(3)9-10-18-4/h5-8,14H,9-11,15H2,1-4H3. The lowest BCUT2D eigenvalue weighted by Gasteiger charge is -2.27. The summed E-state index contributed by atoms with van der Waals surface area (Å²) in [6, 6.07) is 8.99. The number of benzene rings is 1. The van der Waals surface area contributed by atoms with E-state index in [1.807, 2.05) is 11.8 Å². The fourth-order valence-electron chi connectivity index (χ4n) is 1.96. The first kappa shape index (κ1) is 15.3. The lowest BCUT2D eigenvalue weighted by atomic mass is 10.1. The molecule has 4 heteroatoms. The largest absolute Gasteiger partial charge is 0.378 e. The molecule has 18 heavy (non-hydrogen) atoms. The molecule has 0 fully saturated rings. The molecule has 1 atom stereocenters. The quantitative estimate of drug-likeness (QED) is 0.819. The average molecular weight is 267 g/mol. The predicted octanol–water partition coefficient (Wildman–Crippen LogP) is 2.05. The van der Waals surface area contributed by atoms with Crippen molar-refractivity contribution in [3.63, 3.8) is 0 Å². The molecule has 0 aliphatic carbocycles. The lowest BCUT2D eigenvalue weighted by Crippen LogP contribution is -2.32. The molecule has 0 spiro atoms. The van der Waals surface area contributed by atoms with Gasteiger partial charge in [-0.1, -0.05) is 12.1 Å². The Morgan fingerprint density at radius 3 is 2.22 bits per heavy atom. The molecule has 0 saturated carbocycles. The van der Waals surface area contributed by atoms with E-state index < -0.39 is 0 Å². The van der Waals surface area contributed by atoms with Crippen molar-refractivity contribution in [1.82, 2.24) is 4.90 Å². The van der Waals surface area contributed by atoms with Crippen molar-refractivity contribution in [2.45, 2.75) is 6.04 Å². The summed E-state index contributed by atoms with van der Waals surface area (Å²) >= 11 is 1.87. The van der Waals surface area contributed by atoms with Gasteiger partial charge in [0.05, 0.1) is 0 Å². The molecule has 3 nitrogen and oxygen atoms in total. The van der Waals surface area contributed by atoms with Gasteiger partial charge in [-0.2, -0.15) is 11.8 Å². The Balaban J connectivity index is 2.75. The van der Waals surface area contributed by atoms with Crippen LogP contribution in [-0.2, 0) is 0 Å². The number of anilines is 1. The minimum atomic E-state index is 0.313. The fourth-order valence-corrected chi connectivity index (χ4v) is 2.43. The third kappa shape index (κ3) is 4.19. The first-order chi connectivity index (χ1) is 8.60. The lowest BCUT2D eigenvalue weighted by molar-refractivity contribution is 0.266. The van der Waals surface area contributed by atoms with Crippen molar-refractivity contribution in [2.24, 2.45) is 5.73 Å². The Kier molecular flexibility index (Phi) is 6.54. The van der Waals surface area contributed by atoms with Gasteiger partial charge in [-0.3, -0.25) is 4.90 Å². The molecule has 1 unspecified atom stereocenters. The maximum atomic E-state index is 5.92. The Hall–Kier alpha value is -0.710. The monoisotopic (exact) mass is 267 g/mol. The second-order valence-electron chi connectivity index (χ2n) is 4.71. The van der Waals surface area contributed by atoms with Gasteiger partial charge in [-0.05, 0) is 31.0 Å². The van der Waals surface area contributed by atoms with Crippen LogP contribution in [0.2, 0.25) is 0 Å². The van der Waals surface area contributed by atoms with Crippen LogP contribution in [-0.4, -0.2) is 51.1 Å². The zero-order valence-electron chi connectivity index (χ0n) is 11.9. The highest BCUT2D eigenvalue weighted by Gasteiger charge is 2.14. The molecule has 2 N–H and O–H groups in total. The zero-order chi connectivity index (χ0) is 13.5. The maximum absolute atomic E-state index is 5.92. The molecule has 1 rings (SSSR count). The third-order valence-electron chi connectivity index (χ3n) is 3.20. The van der Waals surface area contributed by atoms with E-state index in [4.69, 9.17) is 5.73 Å². The first-order valence-electron chi connectivity index (χ1n) is 6.26. The normalized spacial score (nSPS) is 12.8. The molecule has 0 radical (unpaired) electrons. The second-order valence-corrected chi connectivity index (χ2v) is 5.70. The molecule has 102 valence electrons. The summed E-state index contributed by atoms with van der Waals surface area (Å²) in [6.45, 7) is 1.73. The Labute approximate surface area is 115 Å². The molecule has 0 saturated heterocycles. The van der Waals surface area contributed by atoms with E-state index >= 15 is 0 Å². The van der Waals surface area contributed by atoms with Gasteiger partial charge in [0.25, 0.3) is 0 Å². The SMILES string of the molecule is CSCCN(C)C(CN)c1ccc(N(C)C)cc1. The minimum Gasteiger partial charge on any atom is -0.378 e. The number of thioether (sulfide) groups is 1. The molecular formula is C14H25N3S. The van der Waals surface area contributed by atoms with Crippen LogP contribution < -0.4 is 10.6 Å². The van der Waals surface area contributed by atoms with Crippen molar-refractivity contribution in [3.05, 3.63) is 29.8 Å². The predicted molar refractivity (Wildman–Crippen MR) is 83.6 cm³/mol. The van der Waals surface area contributed by atoms with Gasteiger partial charge in [0.2, 0.25) is 0 Å². The Morgan fingerprint density at radius 1 is 1.17 bits per heavy atom. The summed E-state index contributed by atoms with van der Waals surface area (Å²) in [7, 11) is 6.26. The maximum Gasteiger partial charge on any atom is 0.0467 e. The molecular weight excluding hydrogens is 242 g/mol. The van der Waals surface area contributed by atoms with Crippen LogP contribution in [0.4, 0.5) is 5.69 Å². The van der Waals surface area contributed by atoms with Gasteiger partial charge in [0, 0.05) is 44.7 Å². The van der Waals surface area contributed by atoms with E-state index in [-0.39, 0.29) is 0 Å². The first-order valence-corrected chi connectivity index (χ1v) is 7.66. The van der Waals surface area contributed by atoms with E-state index in [2.05, 4.69) is 61.5 Å². The summed E-state index contributed by atoms with van der Waals surface area (Å²) in [4.78, 5) is 4.44. The van der Waals surface area contributed by atoms with Crippen molar-refractivity contribution < 1.29 is 0 Å². The average Bonchev–Trinajstić information content (AvgIpc) is 2.37. The molecule has 0 heterocycles. The molecule has 0 amide bonds. The van der Waals surface area contributed by atoms with Gasteiger partial charge >= 0.3 is 0 Å². The van der Waals surface area contributed by atoms with Crippen molar-refractivity contribution in [3.8, 4) is 0 Å². The van der Waals surface area contributed by atoms with E-state index in [0.717, 1.165) is 12.3 Å². The van der Waals surface area contributed by atoms with Crippen molar-refractivity contribution in [2.75, 3.05) is 51.1 Å². The van der Waals surface area contributed by atoms with E-state index in [1.165, 1.54) is 11.3 Å². The number of likely N-dealkylation sites (N-methyl/N-ethyl adjacent to an activating group) is 1. The summed E-state index contributed by atoms with van der Waals surface area (Å²) in [6.07, 6.45) is 2.14. The van der Waals surface area contributed by atoms with Gasteiger partial charge in [-0.15, -0.1) is 0 Å². The summed E-state index contributed by atoms with van der Waals surface area (Å²) < 4.78 is 0. The van der Waals surface area contributed by atoms with Crippen LogP contribution in [0.5, 0.6) is 0 Å². The topological polar surface area (TPSA) is 32.5 Å². The Morgan fingerprint density at radius 2 is 1.78 bits per heavy atom. The number of hydrogen-bond acceptors (Lipinski definition) is 4. The van der Waals surface area contributed by atoms with Gasteiger partial charge in [0.15, 0.2) is 0 Å². The molecule has 0 bridgehead atoms. The smallest absolute Gasteiger partial charge is 0.0467 e. The number of nitrogens with zero attached hydrogens (tertiary/aromatic N) is 2. The summed E-state index contributed by atoms with van der Waals surface area (Å²) in [5.74, 6) is 1.14.